The van der Waals surface area contributed by atoms with Gasteiger partial charge in [0.2, 0.25) is 5.91 Å². The van der Waals surface area contributed by atoms with Gasteiger partial charge < -0.3 is 10.6 Å². The van der Waals surface area contributed by atoms with Gasteiger partial charge in [-0.3, -0.25) is 14.5 Å². The van der Waals surface area contributed by atoms with Crippen molar-refractivity contribution in [2.24, 2.45) is 0 Å². The number of nitrogens with one attached hydrogen (secondary N) is 2. The molecule has 8 heteroatoms. The topological polar surface area (TPSA) is 78.5 Å². The number of urea groups is 1. The molecule has 0 bridgehead atoms. The first-order chi connectivity index (χ1) is 14.9. The second kappa shape index (κ2) is 8.64. The summed E-state index contributed by atoms with van der Waals surface area (Å²) in [5.74, 6) is -0.880. The largest absolute Gasteiger partial charge is 0.343 e. The maximum absolute atomic E-state index is 13.2. The van der Waals surface area contributed by atoms with Gasteiger partial charge in [-0.25, -0.2) is 4.79 Å². The van der Waals surface area contributed by atoms with Crippen LogP contribution in [0.3, 0.4) is 0 Å². The molecule has 2 N–H and O–H groups in total. The fourth-order valence-corrected chi connectivity index (χ4v) is 5.14. The SMILES string of the molecule is C[C@]1(c2ccccc2Br)NC(=O)N(CC(=O)N[C@@H](c2ccccc2)c2cccs2)C1=O. The van der Waals surface area contributed by atoms with Crippen LogP contribution in [0.1, 0.15) is 29.0 Å². The molecule has 31 heavy (non-hydrogen) atoms. The highest BCUT2D eigenvalue weighted by Gasteiger charge is 2.50. The average molecular weight is 498 g/mol. The summed E-state index contributed by atoms with van der Waals surface area (Å²) >= 11 is 4.97. The van der Waals surface area contributed by atoms with Crippen molar-refractivity contribution in [2.45, 2.75) is 18.5 Å². The summed E-state index contributed by atoms with van der Waals surface area (Å²) in [7, 11) is 0. The van der Waals surface area contributed by atoms with Crippen LogP contribution in [0.4, 0.5) is 4.79 Å². The zero-order valence-electron chi connectivity index (χ0n) is 16.7. The van der Waals surface area contributed by atoms with E-state index in [9.17, 15) is 14.4 Å². The van der Waals surface area contributed by atoms with Crippen molar-refractivity contribution in [2.75, 3.05) is 6.54 Å². The number of rotatable bonds is 6. The van der Waals surface area contributed by atoms with Gasteiger partial charge in [0.1, 0.15) is 12.1 Å². The minimum absolute atomic E-state index is 0.357. The highest BCUT2D eigenvalue weighted by Crippen LogP contribution is 2.33. The van der Waals surface area contributed by atoms with Crippen LogP contribution in [-0.4, -0.2) is 29.3 Å². The summed E-state index contributed by atoms with van der Waals surface area (Å²) in [4.78, 5) is 40.6. The number of halogens is 1. The van der Waals surface area contributed by atoms with E-state index < -0.39 is 23.4 Å². The first-order valence-corrected chi connectivity index (χ1v) is 11.3. The molecule has 4 amide bonds. The molecule has 2 heterocycles. The van der Waals surface area contributed by atoms with Crippen LogP contribution in [0.2, 0.25) is 0 Å². The molecule has 158 valence electrons. The van der Waals surface area contributed by atoms with E-state index in [-0.39, 0.29) is 12.6 Å². The molecule has 2 atom stereocenters. The molecule has 0 saturated carbocycles. The maximum atomic E-state index is 13.2. The second-order valence-corrected chi connectivity index (χ2v) is 9.19. The molecule has 1 aliphatic heterocycles. The van der Waals surface area contributed by atoms with E-state index in [4.69, 9.17) is 0 Å². The standard InChI is InChI=1S/C23H20BrN3O3S/c1-23(16-10-5-6-11-17(16)24)21(29)27(22(30)26-23)14-19(28)25-20(18-12-7-13-31-18)15-8-3-2-4-9-15/h2-13,20H,14H2,1H3,(H,25,28)(H,26,30)/t20-,23+/m0/s1. The van der Waals surface area contributed by atoms with Gasteiger partial charge in [-0.2, -0.15) is 0 Å². The molecule has 1 aromatic heterocycles. The number of carbonyl (C=O) groups is 3. The Bertz CT molecular complexity index is 1120. The highest BCUT2D eigenvalue weighted by atomic mass is 79.9. The van der Waals surface area contributed by atoms with Gasteiger partial charge in [0, 0.05) is 14.9 Å². The zero-order valence-corrected chi connectivity index (χ0v) is 19.1. The molecule has 2 aromatic carbocycles. The van der Waals surface area contributed by atoms with Gasteiger partial charge in [-0.15, -0.1) is 11.3 Å². The van der Waals surface area contributed by atoms with E-state index in [2.05, 4.69) is 26.6 Å². The number of carbonyl (C=O) groups excluding carboxylic acids is 3. The third-order valence-corrected chi connectivity index (χ3v) is 6.88. The van der Waals surface area contributed by atoms with Crippen molar-refractivity contribution in [3.8, 4) is 0 Å². The number of benzene rings is 2. The van der Waals surface area contributed by atoms with Gasteiger partial charge in [0.05, 0.1) is 6.04 Å². The van der Waals surface area contributed by atoms with Gasteiger partial charge in [0.25, 0.3) is 5.91 Å². The number of nitrogens with zero attached hydrogens (tertiary/aromatic N) is 1. The summed E-state index contributed by atoms with van der Waals surface area (Å²) in [5, 5.41) is 7.65. The first kappa shape index (κ1) is 21.3. The summed E-state index contributed by atoms with van der Waals surface area (Å²) in [6.07, 6.45) is 0. The van der Waals surface area contributed by atoms with Crippen molar-refractivity contribution in [3.05, 3.63) is 92.6 Å². The molecule has 1 fully saturated rings. The molecule has 0 unspecified atom stereocenters. The van der Waals surface area contributed by atoms with Crippen molar-refractivity contribution in [1.82, 2.24) is 15.5 Å². The number of imide groups is 1. The van der Waals surface area contributed by atoms with Crippen molar-refractivity contribution >= 4 is 45.1 Å². The van der Waals surface area contributed by atoms with E-state index in [1.807, 2.05) is 53.9 Å². The molecule has 1 saturated heterocycles. The van der Waals surface area contributed by atoms with Gasteiger partial charge in [-0.1, -0.05) is 70.5 Å². The molecule has 1 aliphatic rings. The molecule has 0 spiro atoms. The Morgan fingerprint density at radius 3 is 2.48 bits per heavy atom. The van der Waals surface area contributed by atoms with Gasteiger partial charge >= 0.3 is 6.03 Å². The highest BCUT2D eigenvalue weighted by molar-refractivity contribution is 9.10. The van der Waals surface area contributed by atoms with Crippen molar-refractivity contribution in [1.29, 1.82) is 0 Å². The Kier molecular flexibility index (Phi) is 5.93. The predicted octanol–water partition coefficient (Wildman–Crippen LogP) is 4.18. The third kappa shape index (κ3) is 4.13. The first-order valence-electron chi connectivity index (χ1n) is 9.67. The second-order valence-electron chi connectivity index (χ2n) is 7.35. The van der Waals surface area contributed by atoms with E-state index in [1.54, 1.807) is 25.1 Å². The molecular weight excluding hydrogens is 478 g/mol. The fraction of sp³-hybridized carbons (Fsp3) is 0.174. The molecular formula is C23H20BrN3O3S. The molecule has 0 radical (unpaired) electrons. The van der Waals surface area contributed by atoms with Crippen LogP contribution in [0, 0.1) is 0 Å². The van der Waals surface area contributed by atoms with E-state index in [0.717, 1.165) is 15.3 Å². The van der Waals surface area contributed by atoms with Crippen LogP contribution in [0.15, 0.2) is 76.6 Å². The van der Waals surface area contributed by atoms with Gasteiger partial charge in [-0.05, 0) is 30.0 Å². The number of thiophene rings is 1. The third-order valence-electron chi connectivity index (χ3n) is 5.26. The summed E-state index contributed by atoms with van der Waals surface area (Å²) in [6.45, 7) is 1.28. The zero-order chi connectivity index (χ0) is 22.0. The Balaban J connectivity index is 1.53. The van der Waals surface area contributed by atoms with E-state index in [1.165, 1.54) is 11.3 Å². The number of hydrogen-bond donors (Lipinski definition) is 2. The molecule has 3 aromatic rings. The molecule has 4 rings (SSSR count). The monoisotopic (exact) mass is 497 g/mol. The predicted molar refractivity (Wildman–Crippen MR) is 122 cm³/mol. The summed E-state index contributed by atoms with van der Waals surface area (Å²) < 4.78 is 0.708. The normalized spacial score (nSPS) is 19.2. The lowest BCUT2D eigenvalue weighted by Gasteiger charge is -2.24. The van der Waals surface area contributed by atoms with Crippen molar-refractivity contribution < 1.29 is 14.4 Å². The Morgan fingerprint density at radius 2 is 1.81 bits per heavy atom. The van der Waals surface area contributed by atoms with E-state index >= 15 is 0 Å². The van der Waals surface area contributed by atoms with Crippen LogP contribution in [-0.2, 0) is 15.1 Å². The fourth-order valence-electron chi connectivity index (χ4n) is 3.66. The summed E-state index contributed by atoms with van der Waals surface area (Å²) in [5.41, 5.74) is 0.315. The Labute approximate surface area is 192 Å². The molecule has 0 aliphatic carbocycles. The van der Waals surface area contributed by atoms with Crippen molar-refractivity contribution in [3.63, 3.8) is 0 Å². The Hall–Kier alpha value is -2.97. The Morgan fingerprint density at radius 1 is 1.10 bits per heavy atom. The molecule has 6 nitrogen and oxygen atoms in total. The minimum atomic E-state index is -1.25. The minimum Gasteiger partial charge on any atom is -0.343 e. The number of hydrogen-bond acceptors (Lipinski definition) is 4. The van der Waals surface area contributed by atoms with Crippen LogP contribution < -0.4 is 10.6 Å². The van der Waals surface area contributed by atoms with E-state index in [0.29, 0.717) is 10.0 Å². The lowest BCUT2D eigenvalue weighted by Crippen LogP contribution is -2.44. The average Bonchev–Trinajstić information content (AvgIpc) is 3.37. The van der Waals surface area contributed by atoms with Crippen LogP contribution >= 0.6 is 27.3 Å². The summed E-state index contributed by atoms with van der Waals surface area (Å²) in [6, 6.07) is 19.7. The van der Waals surface area contributed by atoms with Crippen LogP contribution in [0.25, 0.3) is 0 Å². The lowest BCUT2D eigenvalue weighted by molar-refractivity contribution is -0.135. The maximum Gasteiger partial charge on any atom is 0.325 e. The quantitative estimate of drug-likeness (QED) is 0.501. The van der Waals surface area contributed by atoms with Gasteiger partial charge in [0.15, 0.2) is 0 Å². The lowest BCUT2D eigenvalue weighted by atomic mass is 9.92. The van der Waals surface area contributed by atoms with Crippen LogP contribution in [0.5, 0.6) is 0 Å². The number of amides is 4. The smallest absolute Gasteiger partial charge is 0.325 e.